The Morgan fingerprint density at radius 1 is 0.456 bits per heavy atom. The molecule has 2 heteroatoms. The summed E-state index contributed by atoms with van der Waals surface area (Å²) >= 11 is 0. The van der Waals surface area contributed by atoms with Crippen molar-refractivity contribution >= 4 is 94.5 Å². The fourth-order valence-electron chi connectivity index (χ4n) is 9.08. The molecule has 2 nitrogen and oxygen atoms in total. The highest BCUT2D eigenvalue weighted by molar-refractivity contribution is 6.23. The molecule has 0 aliphatic rings. The molecule has 0 radical (unpaired) electrons. The molecule has 1 heterocycles. The first-order valence-corrected chi connectivity index (χ1v) is 19.5. The molecule has 1 aromatic heterocycles. The number of hydrogen-bond acceptors (Lipinski definition) is 2. The number of para-hydroxylation sites is 2. The summed E-state index contributed by atoms with van der Waals surface area (Å²) in [4.78, 5) is 2.39. The van der Waals surface area contributed by atoms with Gasteiger partial charge in [0.2, 0.25) is 0 Å². The second-order valence-corrected chi connectivity index (χ2v) is 14.9. The molecule has 0 atom stereocenters. The third-order valence-electron chi connectivity index (χ3n) is 11.7. The topological polar surface area (TPSA) is 16.4 Å². The van der Waals surface area contributed by atoms with Crippen LogP contribution >= 0.6 is 0 Å². The molecule has 0 bridgehead atoms. The third-order valence-corrected chi connectivity index (χ3v) is 11.7. The maximum atomic E-state index is 6.68. The number of anilines is 3. The number of nitrogens with zero attached hydrogens (tertiary/aromatic N) is 1. The van der Waals surface area contributed by atoms with Crippen molar-refractivity contribution in [1.82, 2.24) is 0 Å². The van der Waals surface area contributed by atoms with E-state index >= 15 is 0 Å². The second-order valence-electron chi connectivity index (χ2n) is 14.9. The molecular weight excluding hydrogens is 691 g/mol. The average molecular weight is 728 g/mol. The van der Waals surface area contributed by atoms with Gasteiger partial charge in [0, 0.05) is 33.1 Å². The maximum absolute atomic E-state index is 6.68. The fraction of sp³-hybridized carbons (Fsp3) is 0.0182. The van der Waals surface area contributed by atoms with Gasteiger partial charge in [-0.1, -0.05) is 146 Å². The summed E-state index contributed by atoms with van der Waals surface area (Å²) in [5.41, 5.74) is 7.64. The monoisotopic (exact) mass is 727 g/mol. The van der Waals surface area contributed by atoms with Crippen molar-refractivity contribution in [1.29, 1.82) is 0 Å². The lowest BCUT2D eigenvalue weighted by Crippen LogP contribution is -2.25. The van der Waals surface area contributed by atoms with Crippen molar-refractivity contribution in [2.75, 3.05) is 4.90 Å². The van der Waals surface area contributed by atoms with E-state index in [0.717, 1.165) is 55.4 Å². The van der Waals surface area contributed by atoms with Gasteiger partial charge < -0.3 is 9.32 Å². The zero-order valence-corrected chi connectivity index (χ0v) is 31.5. The van der Waals surface area contributed by atoms with Crippen molar-refractivity contribution in [3.05, 3.63) is 210 Å². The molecule has 10 aromatic carbocycles. The molecule has 0 amide bonds. The molecule has 0 saturated heterocycles. The summed E-state index contributed by atoms with van der Waals surface area (Å²) in [5.74, 6) is 0.884. The van der Waals surface area contributed by atoms with Crippen LogP contribution in [0.4, 0.5) is 17.1 Å². The molecule has 0 saturated carbocycles. The molecule has 57 heavy (non-hydrogen) atoms. The van der Waals surface area contributed by atoms with Crippen LogP contribution in [0.5, 0.6) is 0 Å². The lowest BCUT2D eigenvalue weighted by atomic mass is 9.89. The van der Waals surface area contributed by atoms with Gasteiger partial charge in [0.1, 0.15) is 11.3 Å². The molecule has 0 spiro atoms. The van der Waals surface area contributed by atoms with Crippen molar-refractivity contribution in [3.63, 3.8) is 0 Å². The Kier molecular flexibility index (Phi) is 7.58. The van der Waals surface area contributed by atoms with Crippen molar-refractivity contribution in [2.45, 2.75) is 6.92 Å². The van der Waals surface area contributed by atoms with Crippen molar-refractivity contribution in [3.8, 4) is 11.1 Å². The summed E-state index contributed by atoms with van der Waals surface area (Å²) in [7, 11) is 0. The van der Waals surface area contributed by atoms with Gasteiger partial charge in [0.15, 0.2) is 0 Å². The first kappa shape index (κ1) is 33.0. The van der Waals surface area contributed by atoms with Crippen LogP contribution in [0.15, 0.2) is 192 Å². The van der Waals surface area contributed by atoms with Crippen LogP contribution < -0.4 is 15.3 Å². The highest BCUT2D eigenvalue weighted by Gasteiger charge is 2.22. The van der Waals surface area contributed by atoms with E-state index in [1.54, 1.807) is 0 Å². The van der Waals surface area contributed by atoms with Crippen molar-refractivity contribution < 1.29 is 4.42 Å². The Morgan fingerprint density at radius 3 is 1.58 bits per heavy atom. The fourth-order valence-corrected chi connectivity index (χ4v) is 9.08. The largest absolute Gasteiger partial charge is 0.461 e. The molecular formula is C55H37NO. The smallest absolute Gasteiger partial charge is 0.135 e. The molecule has 0 N–H and O–H groups in total. The SMILES string of the molecule is C=c1/c(=C\c2c(C)oc3cc(-c4c5ccccc5c(N(c5ccccc5)c5ccccc5)c5ccccc45)ccc23)c2cc3ccccc3cc2c2ccccc12. The highest BCUT2D eigenvalue weighted by atomic mass is 16.3. The predicted octanol–water partition coefficient (Wildman–Crippen LogP) is 13.9. The summed E-state index contributed by atoms with van der Waals surface area (Å²) in [6.07, 6.45) is 2.30. The van der Waals surface area contributed by atoms with Crippen LogP contribution in [0.1, 0.15) is 11.3 Å². The number of furan rings is 1. The molecule has 0 aliphatic carbocycles. The summed E-state index contributed by atoms with van der Waals surface area (Å²) in [6.45, 7) is 6.75. The first-order chi connectivity index (χ1) is 28.1. The molecule has 0 fully saturated rings. The minimum absolute atomic E-state index is 0.866. The Labute approximate surface area is 330 Å². The molecule has 11 rings (SSSR count). The van der Waals surface area contributed by atoms with Gasteiger partial charge in [-0.25, -0.2) is 0 Å². The summed E-state index contributed by atoms with van der Waals surface area (Å²) in [6, 6.07) is 67.6. The third kappa shape index (κ3) is 5.26. The minimum atomic E-state index is 0.866. The Bertz CT molecular complexity index is 3390. The number of rotatable bonds is 5. The van der Waals surface area contributed by atoms with E-state index in [1.807, 2.05) is 0 Å². The van der Waals surface area contributed by atoms with Gasteiger partial charge in [-0.2, -0.15) is 0 Å². The van der Waals surface area contributed by atoms with Gasteiger partial charge in [0.25, 0.3) is 0 Å². The van der Waals surface area contributed by atoms with Crippen LogP contribution in [0.3, 0.4) is 0 Å². The lowest BCUT2D eigenvalue weighted by Gasteiger charge is -2.29. The van der Waals surface area contributed by atoms with Crippen molar-refractivity contribution in [2.24, 2.45) is 0 Å². The van der Waals surface area contributed by atoms with Crippen LogP contribution in [0.25, 0.3) is 88.6 Å². The van der Waals surface area contributed by atoms with E-state index in [2.05, 4.69) is 213 Å². The summed E-state index contributed by atoms with van der Waals surface area (Å²) in [5, 5.41) is 15.2. The highest BCUT2D eigenvalue weighted by Crippen LogP contribution is 2.48. The Balaban J connectivity index is 1.15. The quantitative estimate of drug-likeness (QED) is 0.130. The Morgan fingerprint density at radius 2 is 0.965 bits per heavy atom. The van der Waals surface area contributed by atoms with E-state index in [4.69, 9.17) is 4.42 Å². The molecule has 11 aromatic rings. The number of benzene rings is 10. The van der Waals surface area contributed by atoms with Gasteiger partial charge in [-0.3, -0.25) is 0 Å². The number of hydrogen-bond donors (Lipinski definition) is 0. The Hall–Kier alpha value is -7.42. The van der Waals surface area contributed by atoms with E-state index in [-0.39, 0.29) is 0 Å². The second kappa shape index (κ2) is 13.1. The van der Waals surface area contributed by atoms with E-state index < -0.39 is 0 Å². The first-order valence-electron chi connectivity index (χ1n) is 19.5. The van der Waals surface area contributed by atoms with Crippen LogP contribution in [0.2, 0.25) is 0 Å². The van der Waals surface area contributed by atoms with E-state index in [1.165, 1.54) is 59.4 Å². The zero-order valence-electron chi connectivity index (χ0n) is 31.5. The normalized spacial score (nSPS) is 12.1. The van der Waals surface area contributed by atoms with Crippen LogP contribution in [0, 0.1) is 6.92 Å². The molecule has 268 valence electrons. The molecule has 0 unspecified atom stereocenters. The standard InChI is InChI=1S/C55H37NO/c1-35-42-23-11-12-24-43(42)51-31-37-17-9-10-18-38(37)32-52(51)49(35)34-50-36(2)57-53-33-39(29-30-44(50)53)54-45-25-13-15-27-47(45)55(48-28-16-14-26-46(48)54)56(40-19-5-3-6-20-40)41-21-7-4-8-22-41/h3-34H,1H2,2H3/b49-34+. The zero-order chi connectivity index (χ0) is 38.0. The maximum Gasteiger partial charge on any atom is 0.135 e. The number of aryl methyl sites for hydroxylation is 1. The van der Waals surface area contributed by atoms with E-state index in [0.29, 0.717) is 0 Å². The van der Waals surface area contributed by atoms with Gasteiger partial charge in [0.05, 0.1) is 5.69 Å². The molecule has 0 aliphatic heterocycles. The van der Waals surface area contributed by atoms with E-state index in [9.17, 15) is 0 Å². The van der Waals surface area contributed by atoms with Gasteiger partial charge >= 0.3 is 0 Å². The van der Waals surface area contributed by atoms with Gasteiger partial charge in [-0.15, -0.1) is 0 Å². The van der Waals surface area contributed by atoms with Gasteiger partial charge in [-0.05, 0) is 126 Å². The van der Waals surface area contributed by atoms with Crippen LogP contribution in [-0.2, 0) is 0 Å². The average Bonchev–Trinajstić information content (AvgIpc) is 3.58. The number of fused-ring (bicyclic) bond motifs is 7. The predicted molar refractivity (Wildman–Crippen MR) is 243 cm³/mol. The minimum Gasteiger partial charge on any atom is -0.461 e. The van der Waals surface area contributed by atoms with Crippen LogP contribution in [-0.4, -0.2) is 0 Å². The summed E-state index contributed by atoms with van der Waals surface area (Å²) < 4.78 is 6.68. The lowest BCUT2D eigenvalue weighted by molar-refractivity contribution is 0.577.